The topological polar surface area (TPSA) is 7.76 Å². The number of aromatic nitrogens is 2. The maximum Gasteiger partial charge on any atom is 0.0826 e. The minimum Gasteiger partial charge on any atom is -0.501 e. The zero-order valence-electron chi connectivity index (χ0n) is 14.9. The molecule has 0 amide bonds. The molecule has 0 atom stereocenters. The van der Waals surface area contributed by atoms with Crippen LogP contribution in [-0.2, 0) is 33.9 Å². The van der Waals surface area contributed by atoms with Gasteiger partial charge in [0, 0.05) is 35.2 Å². The quantitative estimate of drug-likeness (QED) is 0.289. The van der Waals surface area contributed by atoms with Crippen LogP contribution in [0.1, 0.15) is 30.7 Å². The number of rotatable bonds is 8. The molecule has 2 aromatic rings. The van der Waals surface area contributed by atoms with Crippen LogP contribution in [0.15, 0.2) is 60.9 Å². The SMILES string of the molecule is [CH2-][n+]1ccccc1CC=[C-]CCC[C-]=CCc1cccc[n+]1[CH2-].[CH3-].[Pt]. The van der Waals surface area contributed by atoms with Crippen LogP contribution < -0.4 is 9.13 Å². The van der Waals surface area contributed by atoms with Crippen LogP contribution in [0.4, 0.5) is 0 Å². The molecule has 0 aromatic carbocycles. The smallest absolute Gasteiger partial charge is 0.0826 e. The molecule has 138 valence electrons. The van der Waals surface area contributed by atoms with Gasteiger partial charge < -0.3 is 28.7 Å². The summed E-state index contributed by atoms with van der Waals surface area (Å²) in [6, 6.07) is 12.2. The normalized spacial score (nSPS) is 10.6. The zero-order chi connectivity index (χ0) is 16.3. The van der Waals surface area contributed by atoms with E-state index in [0.717, 1.165) is 32.1 Å². The standard InChI is InChI=1S/C21H24N2.CH3.Pt/c1-22-18-12-10-16-20(22)14-8-6-4-3-5-7-9-15-21-17-11-13-19-23(21)2;;/h8-13,16-19H,1-5,14-15H2;1H3;/q-2;-1;. The molecule has 0 unspecified atom stereocenters. The maximum atomic E-state index is 3.95. The van der Waals surface area contributed by atoms with Crippen molar-refractivity contribution in [1.82, 2.24) is 0 Å². The Morgan fingerprint density at radius 3 is 1.64 bits per heavy atom. The van der Waals surface area contributed by atoms with Crippen molar-refractivity contribution in [3.05, 3.63) is 106 Å². The molecule has 0 N–H and O–H groups in total. The van der Waals surface area contributed by atoms with Crippen LogP contribution in [0.25, 0.3) is 0 Å². The van der Waals surface area contributed by atoms with Crippen LogP contribution in [-0.4, -0.2) is 0 Å². The van der Waals surface area contributed by atoms with E-state index < -0.39 is 0 Å². The number of unbranched alkanes of at least 4 members (excludes halogenated alkanes) is 2. The first-order valence-corrected chi connectivity index (χ1v) is 7.98. The predicted octanol–water partition coefficient (Wildman–Crippen LogP) is 3.66. The monoisotopic (exact) mass is 514 g/mol. The predicted molar refractivity (Wildman–Crippen MR) is 98.1 cm³/mol. The van der Waals surface area contributed by atoms with Gasteiger partial charge in [-0.3, -0.25) is 12.2 Å². The van der Waals surface area contributed by atoms with Gasteiger partial charge in [0.2, 0.25) is 0 Å². The molecule has 2 aromatic heterocycles. The molecule has 3 heteroatoms. The first-order valence-electron chi connectivity index (χ1n) is 7.98. The van der Waals surface area contributed by atoms with Gasteiger partial charge in [-0.2, -0.15) is 12.8 Å². The molecule has 0 bridgehead atoms. The average Bonchev–Trinajstić information content (AvgIpc) is 2.56. The molecule has 0 saturated heterocycles. The molecular formula is C22H27N2Pt-3. The summed E-state index contributed by atoms with van der Waals surface area (Å²) in [6.45, 7) is 0. The fourth-order valence-electron chi connectivity index (χ4n) is 2.24. The van der Waals surface area contributed by atoms with Crippen molar-refractivity contribution >= 4 is 0 Å². The van der Waals surface area contributed by atoms with E-state index in [-0.39, 0.29) is 28.5 Å². The van der Waals surface area contributed by atoms with Crippen LogP contribution >= 0.6 is 0 Å². The molecule has 2 rings (SSSR count). The summed E-state index contributed by atoms with van der Waals surface area (Å²) in [5, 5.41) is 0. The van der Waals surface area contributed by atoms with Crippen molar-refractivity contribution in [2.75, 3.05) is 0 Å². The summed E-state index contributed by atoms with van der Waals surface area (Å²) >= 11 is 0. The number of nitrogens with zero attached hydrogens (tertiary/aromatic N) is 2. The number of hydrogen-bond acceptors (Lipinski definition) is 0. The summed E-state index contributed by atoms with van der Waals surface area (Å²) in [5.41, 5.74) is 2.38. The fourth-order valence-corrected chi connectivity index (χ4v) is 2.24. The van der Waals surface area contributed by atoms with Crippen LogP contribution in [0.2, 0.25) is 0 Å². The first-order chi connectivity index (χ1) is 11.3. The van der Waals surface area contributed by atoms with Gasteiger partial charge in [0.05, 0.1) is 23.8 Å². The third-order valence-electron chi connectivity index (χ3n) is 3.62. The van der Waals surface area contributed by atoms with Gasteiger partial charge in [-0.05, 0) is 12.8 Å². The third kappa shape index (κ3) is 8.74. The van der Waals surface area contributed by atoms with Crippen molar-refractivity contribution < 1.29 is 30.2 Å². The van der Waals surface area contributed by atoms with Gasteiger partial charge >= 0.3 is 0 Å². The second kappa shape index (κ2) is 13.5. The van der Waals surface area contributed by atoms with Crippen molar-refractivity contribution in [3.8, 4) is 0 Å². The van der Waals surface area contributed by atoms with E-state index in [1.165, 1.54) is 11.4 Å². The van der Waals surface area contributed by atoms with Crippen molar-refractivity contribution in [3.63, 3.8) is 0 Å². The Labute approximate surface area is 168 Å². The summed E-state index contributed by atoms with van der Waals surface area (Å²) in [6.07, 6.45) is 19.6. The Balaban J connectivity index is 0.00000288. The molecule has 0 spiro atoms. The fraction of sp³-hybridized carbons (Fsp3) is 0.227. The number of hydrogen-bond donors (Lipinski definition) is 0. The Hall–Kier alpha value is -1.79. The van der Waals surface area contributed by atoms with E-state index in [1.54, 1.807) is 0 Å². The number of pyridine rings is 2. The van der Waals surface area contributed by atoms with Gasteiger partial charge in [-0.1, -0.05) is 36.4 Å². The van der Waals surface area contributed by atoms with Crippen LogP contribution in [0, 0.1) is 33.7 Å². The molecule has 0 aliphatic carbocycles. The molecule has 2 nitrogen and oxygen atoms in total. The summed E-state index contributed by atoms with van der Waals surface area (Å²) < 4.78 is 3.79. The largest absolute Gasteiger partial charge is 0.501 e. The molecule has 0 saturated carbocycles. The van der Waals surface area contributed by atoms with E-state index in [9.17, 15) is 0 Å². The minimum atomic E-state index is 0. The summed E-state index contributed by atoms with van der Waals surface area (Å²) in [5.74, 6) is 0. The molecule has 0 aliphatic rings. The second-order valence-electron chi connectivity index (χ2n) is 5.40. The van der Waals surface area contributed by atoms with Gasteiger partial charge in [0.25, 0.3) is 0 Å². The number of allylic oxidation sites excluding steroid dienone is 4. The summed E-state index contributed by atoms with van der Waals surface area (Å²) in [4.78, 5) is 0. The van der Waals surface area contributed by atoms with Gasteiger partial charge in [0.15, 0.2) is 0 Å². The van der Waals surface area contributed by atoms with Crippen LogP contribution in [0.5, 0.6) is 0 Å². The molecule has 2 heterocycles. The third-order valence-corrected chi connectivity index (χ3v) is 3.62. The average molecular weight is 515 g/mol. The molecule has 25 heavy (non-hydrogen) atoms. The maximum absolute atomic E-state index is 3.95. The Morgan fingerprint density at radius 2 is 1.24 bits per heavy atom. The van der Waals surface area contributed by atoms with Gasteiger partial charge in [0.1, 0.15) is 0 Å². The van der Waals surface area contributed by atoms with E-state index in [2.05, 4.69) is 50.5 Å². The first kappa shape index (κ1) is 23.2. The Bertz CT molecular complexity index is 605. The Morgan fingerprint density at radius 1 is 0.800 bits per heavy atom. The zero-order valence-corrected chi connectivity index (χ0v) is 17.2. The Kier molecular flexibility index (Phi) is 12.5. The van der Waals surface area contributed by atoms with E-state index in [4.69, 9.17) is 0 Å². The van der Waals surface area contributed by atoms with Crippen LogP contribution in [0.3, 0.4) is 0 Å². The van der Waals surface area contributed by atoms with E-state index >= 15 is 0 Å². The molecule has 0 radical (unpaired) electrons. The van der Waals surface area contributed by atoms with Gasteiger partial charge in [-0.15, -0.1) is 6.42 Å². The van der Waals surface area contributed by atoms with E-state index in [1.807, 2.05) is 45.8 Å². The molecule has 0 aliphatic heterocycles. The van der Waals surface area contributed by atoms with Crippen molar-refractivity contribution in [1.29, 1.82) is 0 Å². The molecule has 0 fully saturated rings. The minimum absolute atomic E-state index is 0. The van der Waals surface area contributed by atoms with Gasteiger partial charge in [-0.25, -0.2) is 0 Å². The van der Waals surface area contributed by atoms with Crippen molar-refractivity contribution in [2.24, 2.45) is 0 Å². The molecular weight excluding hydrogens is 487 g/mol. The summed E-state index contributed by atoms with van der Waals surface area (Å²) in [7, 11) is 7.90. The van der Waals surface area contributed by atoms with E-state index in [0.29, 0.717) is 0 Å². The van der Waals surface area contributed by atoms with Crippen molar-refractivity contribution in [2.45, 2.75) is 32.1 Å². The second-order valence-corrected chi connectivity index (χ2v) is 5.40.